The minimum atomic E-state index is -0.509. The fourth-order valence-electron chi connectivity index (χ4n) is 7.01. The van der Waals surface area contributed by atoms with Crippen molar-refractivity contribution in [2.75, 3.05) is 13.7 Å². The topological polar surface area (TPSA) is 45.1 Å². The van der Waals surface area contributed by atoms with Gasteiger partial charge in [0, 0.05) is 17.4 Å². The average molecular weight is 322 g/mol. The molecule has 4 heteroatoms. The zero-order valence-electron chi connectivity index (χ0n) is 13.9. The van der Waals surface area contributed by atoms with Crippen LogP contribution in [0, 0.1) is 17.3 Å². The summed E-state index contributed by atoms with van der Waals surface area (Å²) < 4.78 is 6.27. The third-order valence-corrected chi connectivity index (χ3v) is 7.86. The summed E-state index contributed by atoms with van der Waals surface area (Å²) in [6.45, 7) is 5.02. The fraction of sp³-hybridized carbons (Fsp3) is 0.550. The Labute approximate surface area is 141 Å². The van der Waals surface area contributed by atoms with Gasteiger partial charge in [0.2, 0.25) is 0 Å². The van der Waals surface area contributed by atoms with Gasteiger partial charge >= 0.3 is 0 Å². The molecule has 7 atom stereocenters. The highest BCUT2D eigenvalue weighted by molar-refractivity contribution is 6.07. The summed E-state index contributed by atoms with van der Waals surface area (Å²) in [5, 5.41) is 11.4. The summed E-state index contributed by atoms with van der Waals surface area (Å²) in [4.78, 5) is 7.22. The zero-order valence-corrected chi connectivity index (χ0v) is 13.9. The second-order valence-corrected chi connectivity index (χ2v) is 8.20. The van der Waals surface area contributed by atoms with Crippen LogP contribution in [0.1, 0.15) is 18.4 Å². The van der Waals surface area contributed by atoms with E-state index in [9.17, 15) is 5.11 Å². The predicted octanol–water partition coefficient (Wildman–Crippen LogP) is 2.25. The van der Waals surface area contributed by atoms with Gasteiger partial charge in [-0.05, 0) is 37.4 Å². The number of rotatable bonds is 1. The van der Waals surface area contributed by atoms with Crippen molar-refractivity contribution >= 4 is 11.4 Å². The van der Waals surface area contributed by atoms with Gasteiger partial charge in [0.05, 0.1) is 29.5 Å². The standard InChI is InChI=1S/C20H22N2O2/c1-3-19-13-8-16-17-20(19,12-6-4-5-7-14(12)21-17)9-15(11(13)10-24-16)22(2)18(19)23/h3-7,11,13,15-16,18,23H,1,8-10H2,2H3/t11-,13+,15?,16?,18-,19?,20-/m0/s1. The molecule has 5 bridgehead atoms. The van der Waals surface area contributed by atoms with Crippen LogP contribution in [0.3, 0.4) is 0 Å². The molecule has 3 unspecified atom stereocenters. The van der Waals surface area contributed by atoms with E-state index in [0.29, 0.717) is 17.9 Å². The lowest BCUT2D eigenvalue weighted by molar-refractivity contribution is -0.266. The molecule has 4 aliphatic heterocycles. The van der Waals surface area contributed by atoms with Crippen molar-refractivity contribution in [3.8, 4) is 0 Å². The van der Waals surface area contributed by atoms with Crippen molar-refractivity contribution < 1.29 is 9.84 Å². The van der Waals surface area contributed by atoms with Crippen LogP contribution in [0.4, 0.5) is 5.69 Å². The first-order chi connectivity index (χ1) is 11.6. The lowest BCUT2D eigenvalue weighted by atomic mass is 9.37. The number of ether oxygens (including phenoxy) is 1. The van der Waals surface area contributed by atoms with Gasteiger partial charge in [-0.3, -0.25) is 9.89 Å². The van der Waals surface area contributed by atoms with Crippen molar-refractivity contribution in [2.45, 2.75) is 36.6 Å². The van der Waals surface area contributed by atoms with Gasteiger partial charge in [-0.1, -0.05) is 24.3 Å². The van der Waals surface area contributed by atoms with E-state index in [2.05, 4.69) is 48.9 Å². The summed E-state index contributed by atoms with van der Waals surface area (Å²) in [6, 6.07) is 8.80. The van der Waals surface area contributed by atoms with Crippen LogP contribution >= 0.6 is 0 Å². The molecule has 6 aliphatic rings. The van der Waals surface area contributed by atoms with Crippen LogP contribution in [0.25, 0.3) is 0 Å². The molecule has 4 nitrogen and oxygen atoms in total. The van der Waals surface area contributed by atoms with E-state index in [0.717, 1.165) is 30.8 Å². The van der Waals surface area contributed by atoms with Crippen molar-refractivity contribution in [2.24, 2.45) is 22.2 Å². The Hall–Kier alpha value is -1.49. The molecular formula is C20H22N2O2. The number of para-hydroxylation sites is 1. The van der Waals surface area contributed by atoms with E-state index in [1.165, 1.54) is 5.56 Å². The van der Waals surface area contributed by atoms with Gasteiger partial charge in [-0.15, -0.1) is 6.58 Å². The second kappa shape index (κ2) is 4.01. The minimum absolute atomic E-state index is 0.100. The quantitative estimate of drug-likeness (QED) is 0.807. The predicted molar refractivity (Wildman–Crippen MR) is 91.4 cm³/mol. The summed E-state index contributed by atoms with van der Waals surface area (Å²) >= 11 is 0. The third kappa shape index (κ3) is 1.12. The molecule has 0 radical (unpaired) electrons. The molecule has 1 N–H and O–H groups in total. The number of nitrogens with zero attached hydrogens (tertiary/aromatic N) is 2. The molecular weight excluding hydrogens is 300 g/mol. The first-order valence-corrected chi connectivity index (χ1v) is 8.99. The molecule has 7 rings (SSSR count). The molecule has 124 valence electrons. The maximum absolute atomic E-state index is 11.4. The highest BCUT2D eigenvalue weighted by atomic mass is 16.5. The number of aliphatic hydroxyl groups excluding tert-OH is 1. The highest BCUT2D eigenvalue weighted by Crippen LogP contribution is 2.72. The summed E-state index contributed by atoms with van der Waals surface area (Å²) in [7, 11) is 2.06. The van der Waals surface area contributed by atoms with Crippen LogP contribution in [0.5, 0.6) is 0 Å². The van der Waals surface area contributed by atoms with E-state index in [4.69, 9.17) is 9.73 Å². The van der Waals surface area contributed by atoms with E-state index >= 15 is 0 Å². The molecule has 1 aromatic carbocycles. The van der Waals surface area contributed by atoms with Crippen molar-refractivity contribution in [3.63, 3.8) is 0 Å². The van der Waals surface area contributed by atoms with Crippen molar-refractivity contribution in [1.29, 1.82) is 0 Å². The van der Waals surface area contributed by atoms with Crippen LogP contribution in [0.15, 0.2) is 41.9 Å². The number of fused-ring (bicyclic) bond motifs is 4. The zero-order chi connectivity index (χ0) is 16.3. The summed E-state index contributed by atoms with van der Waals surface area (Å²) in [5.41, 5.74) is 2.87. The van der Waals surface area contributed by atoms with Gasteiger partial charge in [-0.25, -0.2) is 0 Å². The van der Waals surface area contributed by atoms with Crippen molar-refractivity contribution in [1.82, 2.24) is 4.90 Å². The molecule has 1 aromatic rings. The Balaban J connectivity index is 1.73. The van der Waals surface area contributed by atoms with Crippen LogP contribution in [-0.2, 0) is 10.2 Å². The Morgan fingerprint density at radius 1 is 1.42 bits per heavy atom. The van der Waals surface area contributed by atoms with E-state index in [1.54, 1.807) is 0 Å². The lowest BCUT2D eigenvalue weighted by Gasteiger charge is -2.73. The number of aliphatic hydroxyl groups is 1. The first-order valence-electron chi connectivity index (χ1n) is 8.99. The van der Waals surface area contributed by atoms with Crippen LogP contribution < -0.4 is 0 Å². The number of hydrogen-bond acceptors (Lipinski definition) is 4. The van der Waals surface area contributed by atoms with Gasteiger partial charge < -0.3 is 9.84 Å². The molecule has 0 aromatic heterocycles. The average Bonchev–Trinajstić information content (AvgIpc) is 2.93. The lowest BCUT2D eigenvalue weighted by Crippen LogP contribution is -2.81. The van der Waals surface area contributed by atoms with Gasteiger partial charge in [0.15, 0.2) is 0 Å². The fourth-order valence-corrected chi connectivity index (χ4v) is 7.01. The number of aliphatic imine (C=N–C) groups is 1. The van der Waals surface area contributed by atoms with E-state index < -0.39 is 6.23 Å². The smallest absolute Gasteiger partial charge is 0.118 e. The van der Waals surface area contributed by atoms with Gasteiger partial charge in [0.1, 0.15) is 6.23 Å². The molecule has 1 spiro atoms. The number of piperidine rings is 2. The molecule has 0 amide bonds. The van der Waals surface area contributed by atoms with E-state index in [1.807, 2.05) is 0 Å². The molecule has 2 aliphatic carbocycles. The number of benzene rings is 1. The maximum atomic E-state index is 11.4. The second-order valence-electron chi connectivity index (χ2n) is 8.20. The van der Waals surface area contributed by atoms with Gasteiger partial charge in [-0.2, -0.15) is 0 Å². The molecule has 4 heterocycles. The third-order valence-electron chi connectivity index (χ3n) is 7.86. The largest absolute Gasteiger partial charge is 0.377 e. The molecule has 24 heavy (non-hydrogen) atoms. The number of hydrogen-bond donors (Lipinski definition) is 1. The Kier molecular flexibility index (Phi) is 2.30. The Morgan fingerprint density at radius 3 is 3.08 bits per heavy atom. The minimum Gasteiger partial charge on any atom is -0.377 e. The first kappa shape index (κ1) is 13.8. The Bertz CT molecular complexity index is 805. The van der Waals surface area contributed by atoms with Crippen LogP contribution in [-0.4, -0.2) is 47.7 Å². The molecule has 5 fully saturated rings. The van der Waals surface area contributed by atoms with E-state index in [-0.39, 0.29) is 16.9 Å². The van der Waals surface area contributed by atoms with Gasteiger partial charge in [0.25, 0.3) is 0 Å². The summed E-state index contributed by atoms with van der Waals surface area (Å²) in [5.74, 6) is 0.899. The maximum Gasteiger partial charge on any atom is 0.118 e. The van der Waals surface area contributed by atoms with Crippen molar-refractivity contribution in [3.05, 3.63) is 42.5 Å². The normalized spacial score (nSPS) is 50.4. The highest BCUT2D eigenvalue weighted by Gasteiger charge is 2.77. The molecule has 3 saturated heterocycles. The molecule has 2 saturated carbocycles. The van der Waals surface area contributed by atoms with Crippen LogP contribution in [0.2, 0.25) is 0 Å². The monoisotopic (exact) mass is 322 g/mol. The summed E-state index contributed by atoms with van der Waals surface area (Å²) in [6.07, 6.45) is 3.64. The SMILES string of the molecule is C=CC12[C@@H]3CC4OC[C@@H]3C(C[C@]13C4=Nc1ccccc13)N(C)[C@H]2O. The Morgan fingerprint density at radius 2 is 2.25 bits per heavy atom.